The molecule has 1 aliphatic rings. The van der Waals surface area contributed by atoms with Crippen molar-refractivity contribution in [3.8, 4) is 0 Å². The number of aryl methyl sites for hydroxylation is 1. The number of likely N-dealkylation sites (tertiary alicyclic amines) is 1. The van der Waals surface area contributed by atoms with Crippen molar-refractivity contribution in [3.63, 3.8) is 0 Å². The first-order chi connectivity index (χ1) is 14.7. The van der Waals surface area contributed by atoms with E-state index in [4.69, 9.17) is 4.74 Å². The average Bonchev–Trinajstić information content (AvgIpc) is 2.95. The van der Waals surface area contributed by atoms with E-state index in [-0.39, 0.29) is 5.92 Å². The minimum atomic E-state index is -4.39. The summed E-state index contributed by atoms with van der Waals surface area (Å²) in [5.41, 5.74) is 0.121. The normalized spacial score (nSPS) is 14.8. The van der Waals surface area contributed by atoms with Gasteiger partial charge in [0.05, 0.1) is 18.4 Å². The third kappa shape index (κ3) is 3.80. The van der Waals surface area contributed by atoms with Gasteiger partial charge in [0.15, 0.2) is 5.65 Å². The van der Waals surface area contributed by atoms with Crippen LogP contribution in [-0.2, 0) is 24.4 Å². The van der Waals surface area contributed by atoms with Gasteiger partial charge in [0.1, 0.15) is 11.3 Å². The van der Waals surface area contributed by atoms with Gasteiger partial charge >= 0.3 is 17.9 Å². The van der Waals surface area contributed by atoms with Crippen molar-refractivity contribution >= 4 is 17.2 Å². The highest BCUT2D eigenvalue weighted by Gasteiger charge is 2.35. The van der Waals surface area contributed by atoms with Gasteiger partial charge in [-0.3, -0.25) is 4.57 Å². The van der Waals surface area contributed by atoms with Crippen LogP contribution in [0.25, 0.3) is 11.2 Å². The second-order valence-electron chi connectivity index (χ2n) is 7.42. The molecule has 1 aromatic carbocycles. The minimum Gasteiger partial charge on any atom is -0.384 e. The van der Waals surface area contributed by atoms with E-state index in [9.17, 15) is 22.8 Å². The van der Waals surface area contributed by atoms with Crippen molar-refractivity contribution in [1.29, 1.82) is 0 Å². The van der Waals surface area contributed by atoms with E-state index in [1.54, 1.807) is 7.11 Å². The molecule has 11 heteroatoms. The summed E-state index contributed by atoms with van der Waals surface area (Å²) in [6.45, 7) is 1.04. The van der Waals surface area contributed by atoms with Crippen LogP contribution < -0.4 is 5.69 Å². The predicted molar refractivity (Wildman–Crippen MR) is 105 cm³/mol. The quantitative estimate of drug-likeness (QED) is 0.629. The first kappa shape index (κ1) is 21.0. The SMILES string of the molecule is COCCc1ncc2c(n1)n(C)c(=O)n2C(=O)N1CC(c2ccc(C(F)(F)F)cc2)C1. The molecule has 0 atom stereocenters. The fourth-order valence-corrected chi connectivity index (χ4v) is 3.58. The Balaban J connectivity index is 1.52. The number of imidazole rings is 1. The van der Waals surface area contributed by atoms with Crippen molar-refractivity contribution in [2.24, 2.45) is 7.05 Å². The fraction of sp³-hybridized carbons (Fsp3) is 0.400. The molecule has 8 nitrogen and oxygen atoms in total. The molecule has 1 saturated heterocycles. The summed E-state index contributed by atoms with van der Waals surface area (Å²) in [5, 5.41) is 0. The number of aromatic nitrogens is 4. The monoisotopic (exact) mass is 435 g/mol. The summed E-state index contributed by atoms with van der Waals surface area (Å²) in [7, 11) is 3.09. The summed E-state index contributed by atoms with van der Waals surface area (Å²) in [4.78, 5) is 35.6. The molecule has 3 aromatic rings. The molecule has 0 saturated carbocycles. The predicted octanol–water partition coefficient (Wildman–Crippen LogP) is 2.41. The Kier molecular flexibility index (Phi) is 5.29. The third-order valence-corrected chi connectivity index (χ3v) is 5.42. The van der Waals surface area contributed by atoms with Gasteiger partial charge in [0.2, 0.25) is 0 Å². The van der Waals surface area contributed by atoms with E-state index in [1.165, 1.54) is 34.8 Å². The standard InChI is InChI=1S/C20H20F3N5O3/c1-26-17-15(9-24-16(25-17)7-8-31-2)28(18(26)29)19(30)27-10-13(11-27)12-3-5-14(6-4-12)20(21,22)23/h3-6,9,13H,7-8,10-11H2,1-2H3. The van der Waals surface area contributed by atoms with Gasteiger partial charge < -0.3 is 9.64 Å². The van der Waals surface area contributed by atoms with Gasteiger partial charge in [-0.2, -0.15) is 13.2 Å². The number of alkyl halides is 3. The van der Waals surface area contributed by atoms with Crippen LogP contribution in [0.2, 0.25) is 0 Å². The van der Waals surface area contributed by atoms with E-state index in [0.717, 1.165) is 16.7 Å². The van der Waals surface area contributed by atoms with Gasteiger partial charge in [-0.25, -0.2) is 24.1 Å². The molecule has 0 N–H and O–H groups in total. The topological polar surface area (TPSA) is 82.2 Å². The number of hydrogen-bond donors (Lipinski definition) is 0. The molecule has 1 fully saturated rings. The molecule has 3 heterocycles. The van der Waals surface area contributed by atoms with E-state index in [2.05, 4.69) is 9.97 Å². The molecule has 2 aromatic heterocycles. The number of hydrogen-bond acceptors (Lipinski definition) is 5. The van der Waals surface area contributed by atoms with Crippen molar-refractivity contribution in [1.82, 2.24) is 24.0 Å². The lowest BCUT2D eigenvalue weighted by Crippen LogP contribution is -2.52. The molecule has 31 heavy (non-hydrogen) atoms. The highest BCUT2D eigenvalue weighted by molar-refractivity contribution is 5.88. The largest absolute Gasteiger partial charge is 0.416 e. The number of methoxy groups -OCH3 is 1. The van der Waals surface area contributed by atoms with E-state index >= 15 is 0 Å². The van der Waals surface area contributed by atoms with Gasteiger partial charge in [0, 0.05) is 39.6 Å². The zero-order valence-electron chi connectivity index (χ0n) is 16.9. The Bertz CT molecular complexity index is 1180. The van der Waals surface area contributed by atoms with Crippen LogP contribution in [0.15, 0.2) is 35.3 Å². The molecule has 0 unspecified atom stereocenters. The minimum absolute atomic E-state index is 0.0891. The highest BCUT2D eigenvalue weighted by Crippen LogP contribution is 2.32. The molecular formula is C20H20F3N5O3. The maximum absolute atomic E-state index is 12.9. The number of benzene rings is 1. The Hall–Kier alpha value is -3.21. The number of amides is 1. The molecule has 0 aliphatic carbocycles. The van der Waals surface area contributed by atoms with Crippen molar-refractivity contribution in [2.45, 2.75) is 18.5 Å². The summed E-state index contributed by atoms with van der Waals surface area (Å²) in [6, 6.07) is 4.41. The molecule has 0 radical (unpaired) electrons. The Labute approximate surface area is 174 Å². The number of nitrogens with zero attached hydrogens (tertiary/aromatic N) is 5. The van der Waals surface area contributed by atoms with Crippen LogP contribution in [-0.4, -0.2) is 56.8 Å². The van der Waals surface area contributed by atoms with Crippen LogP contribution >= 0.6 is 0 Å². The summed E-state index contributed by atoms with van der Waals surface area (Å²) >= 11 is 0. The smallest absolute Gasteiger partial charge is 0.384 e. The fourth-order valence-electron chi connectivity index (χ4n) is 3.58. The second-order valence-corrected chi connectivity index (χ2v) is 7.42. The molecule has 4 rings (SSSR count). The summed E-state index contributed by atoms with van der Waals surface area (Å²) in [5.74, 6) is 0.412. The molecule has 1 amide bonds. The van der Waals surface area contributed by atoms with Crippen LogP contribution in [0, 0.1) is 0 Å². The molecule has 164 valence electrons. The molecule has 1 aliphatic heterocycles. The molecule has 0 spiro atoms. The Morgan fingerprint density at radius 3 is 2.52 bits per heavy atom. The lowest BCUT2D eigenvalue weighted by Gasteiger charge is -2.39. The second kappa shape index (κ2) is 7.80. The van der Waals surface area contributed by atoms with Gasteiger partial charge in [-0.05, 0) is 17.7 Å². The summed E-state index contributed by atoms with van der Waals surface area (Å²) in [6.07, 6.45) is -2.47. The maximum Gasteiger partial charge on any atom is 0.416 e. The van der Waals surface area contributed by atoms with Gasteiger partial charge in [0.25, 0.3) is 0 Å². The van der Waals surface area contributed by atoms with Crippen molar-refractivity contribution < 1.29 is 22.7 Å². The van der Waals surface area contributed by atoms with Crippen molar-refractivity contribution in [3.05, 3.63) is 57.9 Å². The van der Waals surface area contributed by atoms with Crippen LogP contribution in [0.5, 0.6) is 0 Å². The van der Waals surface area contributed by atoms with Crippen LogP contribution in [0.1, 0.15) is 22.9 Å². The average molecular weight is 435 g/mol. The Morgan fingerprint density at radius 1 is 1.23 bits per heavy atom. The zero-order valence-corrected chi connectivity index (χ0v) is 16.9. The first-order valence-corrected chi connectivity index (χ1v) is 9.59. The lowest BCUT2D eigenvalue weighted by atomic mass is 9.91. The number of ether oxygens (including phenoxy) is 1. The Morgan fingerprint density at radius 2 is 1.90 bits per heavy atom. The number of carbonyl (C=O) groups excluding carboxylic acids is 1. The van der Waals surface area contributed by atoms with E-state index < -0.39 is 23.5 Å². The molecular weight excluding hydrogens is 415 g/mol. The number of carbonyl (C=O) groups is 1. The zero-order chi connectivity index (χ0) is 22.3. The molecule has 0 bridgehead atoms. The first-order valence-electron chi connectivity index (χ1n) is 9.59. The van der Waals surface area contributed by atoms with E-state index in [0.29, 0.717) is 48.7 Å². The third-order valence-electron chi connectivity index (χ3n) is 5.42. The van der Waals surface area contributed by atoms with Gasteiger partial charge in [-0.15, -0.1) is 0 Å². The van der Waals surface area contributed by atoms with E-state index in [1.807, 2.05) is 0 Å². The number of fused-ring (bicyclic) bond motifs is 1. The number of rotatable bonds is 4. The van der Waals surface area contributed by atoms with Crippen molar-refractivity contribution in [2.75, 3.05) is 26.8 Å². The van der Waals surface area contributed by atoms with Crippen LogP contribution in [0.4, 0.5) is 18.0 Å². The number of halogens is 3. The maximum atomic E-state index is 12.9. The summed E-state index contributed by atoms with van der Waals surface area (Å²) < 4.78 is 45.5. The van der Waals surface area contributed by atoms with Gasteiger partial charge in [-0.1, -0.05) is 12.1 Å². The lowest BCUT2D eigenvalue weighted by molar-refractivity contribution is -0.137. The highest BCUT2D eigenvalue weighted by atomic mass is 19.4. The van der Waals surface area contributed by atoms with Crippen LogP contribution in [0.3, 0.4) is 0 Å².